The van der Waals surface area contributed by atoms with Crippen LogP contribution in [0.5, 0.6) is 5.75 Å². The highest BCUT2D eigenvalue weighted by Gasteiger charge is 2.35. The summed E-state index contributed by atoms with van der Waals surface area (Å²) in [4.78, 5) is 39.7. The fourth-order valence-corrected chi connectivity index (χ4v) is 3.45. The molecule has 2 aromatic carbocycles. The standard InChI is InChI=1S/C24H29N3O4/c1-5-31-18-12-10-17(11-13-18)27-15-16(14-21(27)28)22(29)25-20-9-7-6-8-19(20)23(30)26-24(2,3)4/h6-13,16H,5,14-15H2,1-4H3,(H,25,29)(H,26,30). The molecule has 1 saturated heterocycles. The van der Waals surface area contributed by atoms with Crippen LogP contribution >= 0.6 is 0 Å². The van der Waals surface area contributed by atoms with E-state index in [4.69, 9.17) is 4.74 Å². The Morgan fingerprint density at radius 2 is 1.77 bits per heavy atom. The van der Waals surface area contributed by atoms with Crippen LogP contribution in [-0.4, -0.2) is 36.4 Å². The number of carbonyl (C=O) groups excluding carboxylic acids is 3. The van der Waals surface area contributed by atoms with Crippen molar-refractivity contribution in [2.75, 3.05) is 23.4 Å². The number of ether oxygens (including phenoxy) is 1. The zero-order valence-electron chi connectivity index (χ0n) is 18.4. The lowest BCUT2D eigenvalue weighted by Crippen LogP contribution is -2.41. The Labute approximate surface area is 182 Å². The van der Waals surface area contributed by atoms with E-state index in [0.717, 1.165) is 11.4 Å². The van der Waals surface area contributed by atoms with E-state index in [1.807, 2.05) is 52.0 Å². The van der Waals surface area contributed by atoms with Gasteiger partial charge in [-0.05, 0) is 64.1 Å². The van der Waals surface area contributed by atoms with Crippen molar-refractivity contribution in [2.24, 2.45) is 5.92 Å². The van der Waals surface area contributed by atoms with Crippen molar-refractivity contribution in [3.05, 3.63) is 54.1 Å². The summed E-state index contributed by atoms with van der Waals surface area (Å²) in [5, 5.41) is 5.74. The van der Waals surface area contributed by atoms with Crippen molar-refractivity contribution in [3.63, 3.8) is 0 Å². The Hall–Kier alpha value is -3.35. The van der Waals surface area contributed by atoms with E-state index in [0.29, 0.717) is 17.9 Å². The van der Waals surface area contributed by atoms with E-state index in [9.17, 15) is 14.4 Å². The minimum Gasteiger partial charge on any atom is -0.494 e. The van der Waals surface area contributed by atoms with Crippen LogP contribution in [0.25, 0.3) is 0 Å². The van der Waals surface area contributed by atoms with Gasteiger partial charge in [-0.15, -0.1) is 0 Å². The maximum absolute atomic E-state index is 12.9. The third kappa shape index (κ3) is 5.63. The minimum atomic E-state index is -0.502. The number of benzene rings is 2. The van der Waals surface area contributed by atoms with Crippen LogP contribution in [-0.2, 0) is 9.59 Å². The number of hydrogen-bond donors (Lipinski definition) is 2. The molecule has 164 valence electrons. The lowest BCUT2D eigenvalue weighted by atomic mass is 10.1. The summed E-state index contributed by atoms with van der Waals surface area (Å²) >= 11 is 0. The number of nitrogens with zero attached hydrogens (tertiary/aromatic N) is 1. The Morgan fingerprint density at radius 1 is 1.10 bits per heavy atom. The van der Waals surface area contributed by atoms with Crippen LogP contribution < -0.4 is 20.3 Å². The van der Waals surface area contributed by atoms with Crippen molar-refractivity contribution in [2.45, 2.75) is 39.7 Å². The topological polar surface area (TPSA) is 87.7 Å². The first-order valence-electron chi connectivity index (χ1n) is 10.4. The molecule has 3 amide bonds. The van der Waals surface area contributed by atoms with Crippen LogP contribution in [0.15, 0.2) is 48.5 Å². The fourth-order valence-electron chi connectivity index (χ4n) is 3.45. The summed E-state index contributed by atoms with van der Waals surface area (Å²) in [5.74, 6) is -0.419. The summed E-state index contributed by atoms with van der Waals surface area (Å²) in [6.45, 7) is 8.45. The first-order chi connectivity index (χ1) is 14.7. The van der Waals surface area contributed by atoms with E-state index in [-0.39, 0.29) is 30.7 Å². The third-order valence-corrected chi connectivity index (χ3v) is 4.87. The number of para-hydroxylation sites is 1. The van der Waals surface area contributed by atoms with Gasteiger partial charge < -0.3 is 20.3 Å². The molecule has 2 N–H and O–H groups in total. The molecule has 7 heteroatoms. The number of carbonyl (C=O) groups is 3. The molecule has 0 aromatic heterocycles. The fraction of sp³-hybridized carbons (Fsp3) is 0.375. The summed E-state index contributed by atoms with van der Waals surface area (Å²) in [7, 11) is 0. The lowest BCUT2D eigenvalue weighted by molar-refractivity contribution is -0.122. The smallest absolute Gasteiger partial charge is 0.253 e. The summed E-state index contributed by atoms with van der Waals surface area (Å²) in [6.07, 6.45) is 0.120. The van der Waals surface area contributed by atoms with Crippen molar-refractivity contribution < 1.29 is 19.1 Å². The Bertz CT molecular complexity index is 964. The Balaban J connectivity index is 1.69. The SMILES string of the molecule is CCOc1ccc(N2CC(C(=O)Nc3ccccc3C(=O)NC(C)(C)C)CC2=O)cc1. The van der Waals surface area contributed by atoms with Gasteiger partial charge in [-0.1, -0.05) is 12.1 Å². The van der Waals surface area contributed by atoms with Crippen molar-refractivity contribution >= 4 is 29.1 Å². The van der Waals surface area contributed by atoms with E-state index < -0.39 is 11.5 Å². The molecule has 0 bridgehead atoms. The van der Waals surface area contributed by atoms with E-state index >= 15 is 0 Å². The molecule has 7 nitrogen and oxygen atoms in total. The molecule has 2 aromatic rings. The molecule has 31 heavy (non-hydrogen) atoms. The molecule has 3 rings (SSSR count). The third-order valence-electron chi connectivity index (χ3n) is 4.87. The van der Waals surface area contributed by atoms with Crippen LogP contribution in [0.3, 0.4) is 0 Å². The van der Waals surface area contributed by atoms with Crippen LogP contribution in [0.2, 0.25) is 0 Å². The highest BCUT2D eigenvalue weighted by atomic mass is 16.5. The second-order valence-corrected chi connectivity index (χ2v) is 8.57. The van der Waals surface area contributed by atoms with Gasteiger partial charge in [-0.2, -0.15) is 0 Å². The quantitative estimate of drug-likeness (QED) is 0.743. The molecule has 1 atom stereocenters. The second-order valence-electron chi connectivity index (χ2n) is 8.57. The zero-order valence-corrected chi connectivity index (χ0v) is 18.4. The predicted molar refractivity (Wildman–Crippen MR) is 120 cm³/mol. The largest absolute Gasteiger partial charge is 0.494 e. The average Bonchev–Trinajstić information content (AvgIpc) is 3.10. The molecule has 1 heterocycles. The predicted octanol–water partition coefficient (Wildman–Crippen LogP) is 3.61. The van der Waals surface area contributed by atoms with Crippen molar-refractivity contribution in [1.29, 1.82) is 0 Å². The van der Waals surface area contributed by atoms with Gasteiger partial charge in [0.15, 0.2) is 0 Å². The molecular formula is C24H29N3O4. The average molecular weight is 424 g/mol. The van der Waals surface area contributed by atoms with E-state index in [1.54, 1.807) is 29.2 Å². The van der Waals surface area contributed by atoms with Gasteiger partial charge in [-0.3, -0.25) is 14.4 Å². The second kappa shape index (κ2) is 9.20. The van der Waals surface area contributed by atoms with Gasteiger partial charge in [0.1, 0.15) is 5.75 Å². The maximum atomic E-state index is 12.9. The number of rotatable bonds is 6. The molecule has 1 aliphatic heterocycles. The first kappa shape index (κ1) is 22.3. The number of amides is 3. The van der Waals surface area contributed by atoms with E-state index in [1.165, 1.54) is 0 Å². The van der Waals surface area contributed by atoms with Crippen molar-refractivity contribution in [1.82, 2.24) is 5.32 Å². The number of anilines is 2. The van der Waals surface area contributed by atoms with Crippen LogP contribution in [0.1, 0.15) is 44.5 Å². The minimum absolute atomic E-state index is 0.108. The van der Waals surface area contributed by atoms with Gasteiger partial charge in [0.05, 0.1) is 23.8 Å². The molecule has 0 spiro atoms. The van der Waals surface area contributed by atoms with Crippen LogP contribution in [0.4, 0.5) is 11.4 Å². The van der Waals surface area contributed by atoms with Gasteiger partial charge in [0, 0.05) is 24.2 Å². The normalized spacial score (nSPS) is 16.2. The Kier molecular flexibility index (Phi) is 6.63. The summed E-state index contributed by atoms with van der Waals surface area (Å²) in [5.41, 5.74) is 1.15. The molecule has 0 aliphatic carbocycles. The molecule has 0 radical (unpaired) electrons. The summed E-state index contributed by atoms with van der Waals surface area (Å²) < 4.78 is 5.44. The first-order valence-corrected chi connectivity index (χ1v) is 10.4. The van der Waals surface area contributed by atoms with Crippen LogP contribution in [0, 0.1) is 5.92 Å². The number of nitrogens with one attached hydrogen (secondary N) is 2. The summed E-state index contributed by atoms with van der Waals surface area (Å²) in [6, 6.07) is 14.1. The van der Waals surface area contributed by atoms with E-state index in [2.05, 4.69) is 10.6 Å². The van der Waals surface area contributed by atoms with Gasteiger partial charge in [0.25, 0.3) is 5.91 Å². The lowest BCUT2D eigenvalue weighted by Gasteiger charge is -2.22. The maximum Gasteiger partial charge on any atom is 0.253 e. The molecule has 0 saturated carbocycles. The van der Waals surface area contributed by atoms with Crippen molar-refractivity contribution in [3.8, 4) is 5.75 Å². The zero-order chi connectivity index (χ0) is 22.6. The monoisotopic (exact) mass is 423 g/mol. The number of hydrogen-bond acceptors (Lipinski definition) is 4. The molecule has 1 fully saturated rings. The van der Waals surface area contributed by atoms with Gasteiger partial charge in [0.2, 0.25) is 11.8 Å². The van der Waals surface area contributed by atoms with Gasteiger partial charge >= 0.3 is 0 Å². The highest BCUT2D eigenvalue weighted by Crippen LogP contribution is 2.28. The Morgan fingerprint density at radius 3 is 2.42 bits per heavy atom. The molecule has 1 unspecified atom stereocenters. The van der Waals surface area contributed by atoms with Gasteiger partial charge in [-0.25, -0.2) is 0 Å². The molecular weight excluding hydrogens is 394 g/mol. The molecule has 1 aliphatic rings. The highest BCUT2D eigenvalue weighted by molar-refractivity contribution is 6.07.